The molecule has 0 aliphatic heterocycles. The largest absolute Gasteiger partial charge is 0.457 e. The number of halogens is 6. The minimum Gasteiger partial charge on any atom is -0.457 e. The Bertz CT molecular complexity index is 2450. The fourth-order valence-corrected chi connectivity index (χ4v) is 8.34. The quantitative estimate of drug-likeness (QED) is 0.0269. The number of nitrogens with one attached hydrogen (secondary N) is 5. The maximum Gasteiger partial charge on any atom is 0.418 e. The molecule has 0 unspecified atom stereocenters. The Labute approximate surface area is 442 Å². The van der Waals surface area contributed by atoms with Crippen molar-refractivity contribution in [2.45, 2.75) is 140 Å². The first-order valence-corrected chi connectivity index (χ1v) is 25.6. The van der Waals surface area contributed by atoms with Gasteiger partial charge in [-0.2, -0.15) is 26.3 Å². The van der Waals surface area contributed by atoms with Crippen molar-refractivity contribution < 1.29 is 74.0 Å². The Balaban J connectivity index is 2.14. The maximum absolute atomic E-state index is 15.1. The Hall–Kier alpha value is -6.11. The molecule has 0 spiro atoms. The van der Waals surface area contributed by atoms with Gasteiger partial charge in [0.05, 0.1) is 22.5 Å². The monoisotopic (exact) mass is 1110 g/mol. The van der Waals surface area contributed by atoms with Gasteiger partial charge in [-0.3, -0.25) is 4.90 Å². The molecule has 7 N–H and O–H groups in total. The molecule has 418 valence electrons. The zero-order chi connectivity index (χ0) is 56.7. The van der Waals surface area contributed by atoms with Gasteiger partial charge in [0, 0.05) is 59.7 Å². The first-order valence-electron chi connectivity index (χ1n) is 23.6. The lowest BCUT2D eigenvalue weighted by atomic mass is 10.1. The molecule has 0 aromatic heterocycles. The van der Waals surface area contributed by atoms with Crippen molar-refractivity contribution in [3.8, 4) is 11.5 Å². The summed E-state index contributed by atoms with van der Waals surface area (Å²) in [7, 11) is 0. The molecule has 6 amide bonds. The third-order valence-electron chi connectivity index (χ3n) is 9.11. The van der Waals surface area contributed by atoms with Crippen molar-refractivity contribution in [3.05, 3.63) is 65.2 Å². The molecular weight excluding hydrogens is 1040 g/mol. The van der Waals surface area contributed by atoms with Gasteiger partial charge < -0.3 is 56.0 Å². The van der Waals surface area contributed by atoms with E-state index in [0.29, 0.717) is 0 Å². The first-order chi connectivity index (χ1) is 34.4. The summed E-state index contributed by atoms with van der Waals surface area (Å²) in [6.07, 6.45) is -12.7. The van der Waals surface area contributed by atoms with Crippen LogP contribution in [0.4, 0.5) is 67.4 Å². The van der Waals surface area contributed by atoms with E-state index in [9.17, 15) is 37.1 Å². The van der Waals surface area contributed by atoms with E-state index in [-0.39, 0.29) is 101 Å². The van der Waals surface area contributed by atoms with Crippen LogP contribution in [0.5, 0.6) is 11.5 Å². The Morgan fingerprint density at radius 1 is 0.547 bits per heavy atom. The second kappa shape index (κ2) is 26.6. The van der Waals surface area contributed by atoms with E-state index >= 15 is 13.2 Å². The number of hydrogen-bond acceptors (Lipinski definition) is 13. The number of primary amides is 1. The van der Waals surface area contributed by atoms with Gasteiger partial charge in [0.2, 0.25) is 0 Å². The number of thioether (sulfide) groups is 2. The average molecular weight is 1110 g/mol. The number of nitrogens with two attached hydrogens (primary N) is 1. The van der Waals surface area contributed by atoms with Crippen molar-refractivity contribution in [2.24, 2.45) is 5.73 Å². The van der Waals surface area contributed by atoms with E-state index in [1.54, 1.807) is 83.1 Å². The second-order valence-electron chi connectivity index (χ2n) is 20.5. The van der Waals surface area contributed by atoms with Crippen LogP contribution < -0.4 is 42.0 Å². The number of carbonyl (C=O) groups excluding carboxylic acids is 5. The number of benzene rings is 3. The van der Waals surface area contributed by atoms with Gasteiger partial charge in [-0.25, -0.2) is 24.0 Å². The average Bonchev–Trinajstić information content (AvgIpc) is 3.22. The number of urea groups is 1. The zero-order valence-corrected chi connectivity index (χ0v) is 45.8. The highest BCUT2D eigenvalue weighted by atomic mass is 32.2. The fraction of sp³-hybridized carbons (Fsp3) is 0.540. The van der Waals surface area contributed by atoms with Crippen molar-refractivity contribution in [2.75, 3.05) is 54.4 Å². The molecule has 3 aromatic rings. The third-order valence-corrected chi connectivity index (χ3v) is 11.2. The van der Waals surface area contributed by atoms with Crippen LogP contribution in [0.2, 0.25) is 0 Å². The third kappa shape index (κ3) is 23.5. The molecule has 3 rings (SSSR count). The highest BCUT2D eigenvalue weighted by Crippen LogP contribution is 2.46. The zero-order valence-electron chi connectivity index (χ0n) is 44.2. The topological polar surface area (TPSA) is 221 Å². The molecule has 0 heterocycles. The molecule has 0 saturated carbocycles. The number of aryl methyl sites for hydroxylation is 1. The van der Waals surface area contributed by atoms with Crippen LogP contribution in [-0.2, 0) is 37.7 Å². The molecule has 0 aliphatic carbocycles. The molecule has 0 fully saturated rings. The molecule has 75 heavy (non-hydrogen) atoms. The normalized spacial score (nSPS) is 12.2. The van der Waals surface area contributed by atoms with Crippen LogP contribution in [-0.4, -0.2) is 97.0 Å². The van der Waals surface area contributed by atoms with Gasteiger partial charge in [-0.05, 0) is 150 Å². The molecular formula is C50H69F6N7O10S2. The SMILES string of the molecule is CC(C)(C)OC(=O)NCCCc1cc(N(C(N)=O)c2cc(C(F)(F)F)c(SCCNC(=O)OC(C)(C)C)cc2SCCNC(=O)OC(C)(C)C)ccc1Oc1ccc(NCCNC(=O)OC(C)(C)C)c(C(F)(F)F)c1. The van der Waals surface area contributed by atoms with Crippen molar-refractivity contribution in [1.29, 1.82) is 0 Å². The number of ether oxygens (including phenoxy) is 5. The number of nitrogens with zero attached hydrogens (tertiary/aromatic N) is 1. The van der Waals surface area contributed by atoms with E-state index in [1.165, 1.54) is 30.3 Å². The number of hydrogen-bond donors (Lipinski definition) is 6. The van der Waals surface area contributed by atoms with Crippen LogP contribution >= 0.6 is 23.5 Å². The predicted octanol–water partition coefficient (Wildman–Crippen LogP) is 12.4. The maximum atomic E-state index is 15.1. The highest BCUT2D eigenvalue weighted by molar-refractivity contribution is 8.00. The summed E-state index contributed by atoms with van der Waals surface area (Å²) in [4.78, 5) is 63.5. The number of alkyl halides is 6. The minimum absolute atomic E-state index is 0.0126. The number of anilines is 3. The van der Waals surface area contributed by atoms with E-state index in [0.717, 1.165) is 46.6 Å². The number of carbonyl (C=O) groups is 5. The minimum atomic E-state index is -4.98. The molecule has 3 aromatic carbocycles. The van der Waals surface area contributed by atoms with Gasteiger partial charge in [0.1, 0.15) is 33.9 Å². The standard InChI is InChI=1S/C50H69F6N7O10S2/c1-45(2,3)70-41(65)59-19-13-14-30-26-31(15-18-37(30)69-32-16-17-35(33(27-32)49(51,52)53)58-20-21-60-42(66)71-46(4,5)6)63(40(57)64)36-28-34(50(54,55)56)38(74-24-22-61-43(67)72-47(7,8)9)29-39(36)75-25-23-62-44(68)73-48(10,11)12/h15-18,26-29,58H,13-14,19-25H2,1-12H3,(H2,57,64)(H,59,65)(H,60,66)(H,61,67)(H,62,68). The van der Waals surface area contributed by atoms with Crippen LogP contribution in [0.25, 0.3) is 0 Å². The van der Waals surface area contributed by atoms with Crippen LogP contribution in [0.3, 0.4) is 0 Å². The highest BCUT2D eigenvalue weighted by Gasteiger charge is 2.37. The number of amides is 6. The van der Waals surface area contributed by atoms with E-state index in [2.05, 4.69) is 26.6 Å². The fourth-order valence-electron chi connectivity index (χ4n) is 6.38. The lowest BCUT2D eigenvalue weighted by Gasteiger charge is -2.27. The van der Waals surface area contributed by atoms with E-state index in [4.69, 9.17) is 29.4 Å². The summed E-state index contributed by atoms with van der Waals surface area (Å²) in [6.45, 7) is 19.7. The van der Waals surface area contributed by atoms with Crippen LogP contribution in [0.1, 0.15) is 106 Å². The molecule has 0 bridgehead atoms. The number of rotatable bonds is 20. The predicted molar refractivity (Wildman–Crippen MR) is 276 cm³/mol. The summed E-state index contributed by atoms with van der Waals surface area (Å²) in [5.74, 6) is -0.249. The molecule has 0 aliphatic rings. The Morgan fingerprint density at radius 3 is 1.48 bits per heavy atom. The van der Waals surface area contributed by atoms with Crippen molar-refractivity contribution in [1.82, 2.24) is 21.3 Å². The Morgan fingerprint density at radius 2 is 1.01 bits per heavy atom. The summed E-state index contributed by atoms with van der Waals surface area (Å²) in [5, 5.41) is 12.8. The summed E-state index contributed by atoms with van der Waals surface area (Å²) in [5.41, 5.74) is 0.0375. The van der Waals surface area contributed by atoms with Gasteiger partial charge in [-0.1, -0.05) is 0 Å². The van der Waals surface area contributed by atoms with Gasteiger partial charge in [-0.15, -0.1) is 23.5 Å². The lowest BCUT2D eigenvalue weighted by Crippen LogP contribution is -2.35. The van der Waals surface area contributed by atoms with E-state index < -0.39 is 76.3 Å². The lowest BCUT2D eigenvalue weighted by molar-refractivity contribution is -0.140. The molecule has 0 atom stereocenters. The Kier molecular flexibility index (Phi) is 22.4. The molecule has 0 radical (unpaired) electrons. The van der Waals surface area contributed by atoms with Crippen molar-refractivity contribution in [3.63, 3.8) is 0 Å². The summed E-state index contributed by atoms with van der Waals surface area (Å²) in [6, 6.07) is 7.91. The van der Waals surface area contributed by atoms with Crippen LogP contribution in [0, 0.1) is 0 Å². The number of alkyl carbamates (subject to hydrolysis) is 4. The smallest absolute Gasteiger partial charge is 0.418 e. The van der Waals surface area contributed by atoms with E-state index in [1.807, 2.05) is 0 Å². The van der Waals surface area contributed by atoms with Gasteiger partial charge in [0.15, 0.2) is 0 Å². The second-order valence-corrected chi connectivity index (χ2v) is 22.8. The molecule has 25 heteroatoms. The van der Waals surface area contributed by atoms with Crippen LogP contribution in [0.15, 0.2) is 58.3 Å². The molecule has 0 saturated heterocycles. The van der Waals surface area contributed by atoms with Crippen molar-refractivity contribution >= 4 is 71.0 Å². The summed E-state index contributed by atoms with van der Waals surface area (Å²) >= 11 is 1.77. The van der Waals surface area contributed by atoms with Gasteiger partial charge >= 0.3 is 42.8 Å². The molecule has 17 nitrogen and oxygen atoms in total. The first kappa shape index (κ1) is 63.2. The van der Waals surface area contributed by atoms with Gasteiger partial charge in [0.25, 0.3) is 0 Å². The summed E-state index contributed by atoms with van der Waals surface area (Å²) < 4.78 is 116.